The van der Waals surface area contributed by atoms with E-state index in [4.69, 9.17) is 4.74 Å². The average molecular weight is 194 g/mol. The molecular formula is C10H26OS. The van der Waals surface area contributed by atoms with Crippen molar-refractivity contribution >= 4 is 13.5 Å². The Morgan fingerprint density at radius 2 is 1.58 bits per heavy atom. The summed E-state index contributed by atoms with van der Waals surface area (Å²) in [7, 11) is 1.79. The maximum atomic E-state index is 5.21. The van der Waals surface area contributed by atoms with E-state index in [0.29, 0.717) is 6.10 Å². The summed E-state index contributed by atoms with van der Waals surface area (Å²) in [5.74, 6) is 0.759. The van der Waals surface area contributed by atoms with Crippen LogP contribution in [0, 0.1) is 5.92 Å². The second-order valence-electron chi connectivity index (χ2n) is 2.90. The molecule has 0 saturated heterocycles. The Balaban J connectivity index is -0.000000249. The minimum Gasteiger partial charge on any atom is -0.381 e. The highest BCUT2D eigenvalue weighted by atomic mass is 32.1. The topological polar surface area (TPSA) is 9.23 Å². The SMILES string of the molecule is CC.CCC(CC(C)C)OC.S. The van der Waals surface area contributed by atoms with E-state index in [9.17, 15) is 0 Å². The summed E-state index contributed by atoms with van der Waals surface area (Å²) in [6.45, 7) is 10.6. The van der Waals surface area contributed by atoms with Gasteiger partial charge in [-0.05, 0) is 18.8 Å². The molecule has 1 atom stereocenters. The van der Waals surface area contributed by atoms with Gasteiger partial charge in [0.05, 0.1) is 6.10 Å². The fourth-order valence-corrected chi connectivity index (χ4v) is 0.955. The fraction of sp³-hybridized carbons (Fsp3) is 1.00. The van der Waals surface area contributed by atoms with Crippen molar-refractivity contribution in [1.82, 2.24) is 0 Å². The number of hydrogen-bond acceptors (Lipinski definition) is 1. The minimum absolute atomic E-state index is 0. The third kappa shape index (κ3) is 12.9. The lowest BCUT2D eigenvalue weighted by Gasteiger charge is -2.14. The van der Waals surface area contributed by atoms with Gasteiger partial charge < -0.3 is 4.74 Å². The standard InChI is InChI=1S/C8H18O.C2H6.H2S/c1-5-8(9-4)6-7(2)3;1-2;/h7-8H,5-6H2,1-4H3;1-2H3;1H2. The first kappa shape index (κ1) is 18.2. The molecule has 0 amide bonds. The first-order valence-corrected chi connectivity index (χ1v) is 4.73. The first-order chi connectivity index (χ1) is 5.20. The lowest BCUT2D eigenvalue weighted by Crippen LogP contribution is -2.11. The van der Waals surface area contributed by atoms with Gasteiger partial charge in [0, 0.05) is 7.11 Å². The van der Waals surface area contributed by atoms with Crippen LogP contribution in [-0.2, 0) is 4.74 Å². The van der Waals surface area contributed by atoms with Crippen molar-refractivity contribution in [1.29, 1.82) is 0 Å². The molecule has 0 rings (SSSR count). The molecule has 0 N–H and O–H groups in total. The molecule has 2 heteroatoms. The smallest absolute Gasteiger partial charge is 0.0571 e. The third-order valence-electron chi connectivity index (χ3n) is 1.52. The van der Waals surface area contributed by atoms with Crippen LogP contribution in [0.4, 0.5) is 0 Å². The molecule has 0 aliphatic rings. The highest BCUT2D eigenvalue weighted by Crippen LogP contribution is 2.09. The number of ether oxygens (including phenoxy) is 1. The molecule has 12 heavy (non-hydrogen) atoms. The molecule has 0 aromatic rings. The lowest BCUT2D eigenvalue weighted by molar-refractivity contribution is 0.0815. The van der Waals surface area contributed by atoms with E-state index >= 15 is 0 Å². The van der Waals surface area contributed by atoms with E-state index < -0.39 is 0 Å². The van der Waals surface area contributed by atoms with E-state index in [1.807, 2.05) is 13.8 Å². The Morgan fingerprint density at radius 1 is 1.17 bits per heavy atom. The maximum Gasteiger partial charge on any atom is 0.0571 e. The predicted octanol–water partition coefficient (Wildman–Crippen LogP) is 3.60. The van der Waals surface area contributed by atoms with Crippen molar-refractivity contribution in [3.63, 3.8) is 0 Å². The molecular weight excluding hydrogens is 168 g/mol. The van der Waals surface area contributed by atoms with Gasteiger partial charge in [-0.1, -0.05) is 34.6 Å². The maximum absolute atomic E-state index is 5.21. The monoisotopic (exact) mass is 194 g/mol. The molecule has 0 fully saturated rings. The minimum atomic E-state index is 0. The van der Waals surface area contributed by atoms with Crippen molar-refractivity contribution in [3.8, 4) is 0 Å². The summed E-state index contributed by atoms with van der Waals surface area (Å²) in [4.78, 5) is 0. The Bertz CT molecular complexity index is 60.9. The highest BCUT2D eigenvalue weighted by Gasteiger charge is 2.05. The lowest BCUT2D eigenvalue weighted by atomic mass is 10.0. The molecule has 0 aromatic heterocycles. The zero-order valence-electron chi connectivity index (χ0n) is 9.48. The van der Waals surface area contributed by atoms with Gasteiger partial charge in [0.1, 0.15) is 0 Å². The molecule has 0 aromatic carbocycles. The van der Waals surface area contributed by atoms with Gasteiger partial charge in [-0.3, -0.25) is 0 Å². The van der Waals surface area contributed by atoms with E-state index in [0.717, 1.165) is 12.3 Å². The quantitative estimate of drug-likeness (QED) is 0.664. The van der Waals surface area contributed by atoms with E-state index in [2.05, 4.69) is 20.8 Å². The summed E-state index contributed by atoms with van der Waals surface area (Å²) < 4.78 is 5.21. The molecule has 1 nitrogen and oxygen atoms in total. The van der Waals surface area contributed by atoms with Crippen LogP contribution in [0.3, 0.4) is 0 Å². The van der Waals surface area contributed by atoms with Gasteiger partial charge in [-0.2, -0.15) is 13.5 Å². The summed E-state index contributed by atoms with van der Waals surface area (Å²) >= 11 is 0. The van der Waals surface area contributed by atoms with Gasteiger partial charge in [0.15, 0.2) is 0 Å². The van der Waals surface area contributed by atoms with Crippen molar-refractivity contribution < 1.29 is 4.74 Å². The van der Waals surface area contributed by atoms with Gasteiger partial charge in [-0.25, -0.2) is 0 Å². The normalized spacial score (nSPS) is 11.2. The Labute approximate surface area is 85.3 Å². The van der Waals surface area contributed by atoms with Crippen LogP contribution in [0.15, 0.2) is 0 Å². The van der Waals surface area contributed by atoms with Crippen molar-refractivity contribution in [3.05, 3.63) is 0 Å². The predicted molar refractivity (Wildman–Crippen MR) is 62.3 cm³/mol. The summed E-state index contributed by atoms with van der Waals surface area (Å²) in [6.07, 6.45) is 2.80. The number of methoxy groups -OCH3 is 1. The molecule has 0 aliphatic heterocycles. The Kier molecular flexibility index (Phi) is 21.0. The molecule has 0 saturated carbocycles. The second kappa shape index (κ2) is 13.9. The van der Waals surface area contributed by atoms with Crippen molar-refractivity contribution in [2.24, 2.45) is 5.92 Å². The van der Waals surface area contributed by atoms with Gasteiger partial charge in [-0.15, -0.1) is 0 Å². The van der Waals surface area contributed by atoms with Crippen LogP contribution >= 0.6 is 13.5 Å². The first-order valence-electron chi connectivity index (χ1n) is 4.73. The van der Waals surface area contributed by atoms with Crippen LogP contribution in [0.5, 0.6) is 0 Å². The van der Waals surface area contributed by atoms with E-state index in [-0.39, 0.29) is 13.5 Å². The van der Waals surface area contributed by atoms with Crippen molar-refractivity contribution in [2.45, 2.75) is 53.6 Å². The van der Waals surface area contributed by atoms with Gasteiger partial charge in [0.25, 0.3) is 0 Å². The third-order valence-corrected chi connectivity index (χ3v) is 1.52. The van der Waals surface area contributed by atoms with Crippen LogP contribution in [0.2, 0.25) is 0 Å². The Morgan fingerprint density at radius 3 is 1.67 bits per heavy atom. The molecule has 0 aliphatic carbocycles. The number of hydrogen-bond donors (Lipinski definition) is 0. The zero-order chi connectivity index (χ0) is 9.28. The molecule has 0 heterocycles. The fourth-order valence-electron chi connectivity index (χ4n) is 0.955. The summed E-state index contributed by atoms with van der Waals surface area (Å²) in [6, 6.07) is 0. The Hall–Kier alpha value is 0.310. The zero-order valence-corrected chi connectivity index (χ0v) is 10.5. The molecule has 1 unspecified atom stereocenters. The van der Waals surface area contributed by atoms with Gasteiger partial charge in [0.2, 0.25) is 0 Å². The van der Waals surface area contributed by atoms with E-state index in [1.54, 1.807) is 7.11 Å². The summed E-state index contributed by atoms with van der Waals surface area (Å²) in [5, 5.41) is 0. The van der Waals surface area contributed by atoms with Gasteiger partial charge >= 0.3 is 0 Å². The average Bonchev–Trinajstić information content (AvgIpc) is 2.03. The van der Waals surface area contributed by atoms with E-state index in [1.165, 1.54) is 6.42 Å². The van der Waals surface area contributed by atoms with Crippen molar-refractivity contribution in [2.75, 3.05) is 7.11 Å². The summed E-state index contributed by atoms with van der Waals surface area (Å²) in [5.41, 5.74) is 0. The van der Waals surface area contributed by atoms with Crippen LogP contribution in [0.25, 0.3) is 0 Å². The van der Waals surface area contributed by atoms with Crippen LogP contribution in [-0.4, -0.2) is 13.2 Å². The highest BCUT2D eigenvalue weighted by molar-refractivity contribution is 7.59. The van der Waals surface area contributed by atoms with Crippen LogP contribution < -0.4 is 0 Å². The molecule has 0 spiro atoms. The molecule has 0 radical (unpaired) electrons. The largest absolute Gasteiger partial charge is 0.381 e. The van der Waals surface area contributed by atoms with Crippen LogP contribution in [0.1, 0.15) is 47.5 Å². The number of rotatable bonds is 4. The molecule has 0 bridgehead atoms. The second-order valence-corrected chi connectivity index (χ2v) is 2.90. The molecule has 78 valence electrons.